The van der Waals surface area contributed by atoms with Gasteiger partial charge in [0.05, 0.1) is 0 Å². The predicted molar refractivity (Wildman–Crippen MR) is 82.5 cm³/mol. The van der Waals surface area contributed by atoms with E-state index in [2.05, 4.69) is 19.9 Å². The van der Waals surface area contributed by atoms with Crippen LogP contribution in [0.2, 0.25) is 0 Å². The number of carbonyl (C=O) groups is 1. The fraction of sp³-hybridized carbons (Fsp3) is 0.824. The largest absolute Gasteiger partial charge is 0.481 e. The van der Waals surface area contributed by atoms with E-state index in [0.717, 1.165) is 19.3 Å². The maximum atomic E-state index is 10.3. The van der Waals surface area contributed by atoms with Crippen molar-refractivity contribution in [2.24, 2.45) is 0 Å². The normalized spacial score (nSPS) is 11.8. The minimum Gasteiger partial charge on any atom is -0.481 e. The van der Waals surface area contributed by atoms with Crippen molar-refractivity contribution in [2.75, 3.05) is 0 Å². The molecule has 19 heavy (non-hydrogen) atoms. The van der Waals surface area contributed by atoms with E-state index < -0.39 is 5.97 Å². The van der Waals surface area contributed by atoms with Gasteiger partial charge in [0.25, 0.3) is 0 Å². The number of hydrogen-bond acceptors (Lipinski definition) is 1. The summed E-state index contributed by atoms with van der Waals surface area (Å²) in [7, 11) is 0. The Hall–Kier alpha value is -0.790. The van der Waals surface area contributed by atoms with Gasteiger partial charge in [0.15, 0.2) is 0 Å². The Labute approximate surface area is 119 Å². The minimum atomic E-state index is -0.677. The maximum absolute atomic E-state index is 10.3. The van der Waals surface area contributed by atoms with Gasteiger partial charge in [-0.15, -0.1) is 0 Å². The van der Waals surface area contributed by atoms with Crippen LogP contribution in [0.25, 0.3) is 0 Å². The lowest BCUT2D eigenvalue weighted by Crippen LogP contribution is -1.93. The molecule has 0 spiro atoms. The van der Waals surface area contributed by atoms with Gasteiger partial charge in [0, 0.05) is 6.42 Å². The van der Waals surface area contributed by atoms with E-state index in [1.807, 2.05) is 0 Å². The first kappa shape index (κ1) is 18.2. The molecular formula is C17H32O2. The molecule has 2 heteroatoms. The molecule has 0 fully saturated rings. The van der Waals surface area contributed by atoms with Gasteiger partial charge in [-0.05, 0) is 39.0 Å². The Balaban J connectivity index is 3.32. The topological polar surface area (TPSA) is 37.3 Å². The van der Waals surface area contributed by atoms with E-state index >= 15 is 0 Å². The van der Waals surface area contributed by atoms with Gasteiger partial charge in [-0.2, -0.15) is 0 Å². The average molecular weight is 268 g/mol. The van der Waals surface area contributed by atoms with Crippen LogP contribution in [0.5, 0.6) is 0 Å². The van der Waals surface area contributed by atoms with Crippen molar-refractivity contribution in [3.63, 3.8) is 0 Å². The molecule has 0 bridgehead atoms. The molecule has 0 aromatic carbocycles. The number of allylic oxidation sites excluding steroid dienone is 2. The molecule has 0 saturated heterocycles. The predicted octanol–water partition coefficient (Wildman–Crippen LogP) is 5.72. The van der Waals surface area contributed by atoms with Crippen LogP contribution in [-0.4, -0.2) is 11.1 Å². The lowest BCUT2D eigenvalue weighted by Gasteiger charge is -2.03. The summed E-state index contributed by atoms with van der Waals surface area (Å²) < 4.78 is 0. The number of carboxylic acids is 1. The molecule has 0 amide bonds. The molecule has 0 aliphatic carbocycles. The lowest BCUT2D eigenvalue weighted by atomic mass is 10.0. The molecule has 0 radical (unpaired) electrons. The van der Waals surface area contributed by atoms with Crippen LogP contribution >= 0.6 is 0 Å². The Bertz CT molecular complexity index is 244. The van der Waals surface area contributed by atoms with Gasteiger partial charge < -0.3 is 5.11 Å². The first-order chi connectivity index (χ1) is 9.16. The number of rotatable bonds is 13. The molecule has 2 nitrogen and oxygen atoms in total. The standard InChI is InChI=1S/C17H32O2/c1-3-4-5-6-7-8-10-13-16(2)14-11-9-12-15-17(18)19/h14H,3-13,15H2,1-2H3,(H,18,19)/b16-14-. The highest BCUT2D eigenvalue weighted by Crippen LogP contribution is 2.13. The zero-order valence-corrected chi connectivity index (χ0v) is 12.9. The summed E-state index contributed by atoms with van der Waals surface area (Å²) in [6, 6.07) is 0. The molecule has 0 aromatic rings. The molecule has 0 atom stereocenters. The highest BCUT2D eigenvalue weighted by atomic mass is 16.4. The summed E-state index contributed by atoms with van der Waals surface area (Å²) in [5, 5.41) is 8.53. The molecule has 0 aliphatic heterocycles. The van der Waals surface area contributed by atoms with Crippen molar-refractivity contribution in [1.82, 2.24) is 0 Å². The van der Waals surface area contributed by atoms with Gasteiger partial charge in [0.1, 0.15) is 0 Å². The van der Waals surface area contributed by atoms with E-state index in [1.54, 1.807) is 0 Å². The SMILES string of the molecule is CCCCCCCCC/C(C)=C\CCCCC(=O)O. The first-order valence-corrected chi connectivity index (χ1v) is 8.04. The number of unbranched alkanes of at least 4 members (excludes halogenated alkanes) is 8. The Morgan fingerprint density at radius 1 is 0.895 bits per heavy atom. The first-order valence-electron chi connectivity index (χ1n) is 8.04. The Kier molecular flexibility index (Phi) is 13.1. The number of carboxylic acid groups (broad SMARTS) is 1. The quantitative estimate of drug-likeness (QED) is 0.343. The molecule has 0 unspecified atom stereocenters. The lowest BCUT2D eigenvalue weighted by molar-refractivity contribution is -0.137. The van der Waals surface area contributed by atoms with Crippen LogP contribution in [-0.2, 0) is 4.79 Å². The van der Waals surface area contributed by atoms with Crippen LogP contribution < -0.4 is 0 Å². The molecule has 0 aromatic heterocycles. The number of aliphatic carboxylic acids is 1. The van der Waals surface area contributed by atoms with E-state index in [0.29, 0.717) is 6.42 Å². The van der Waals surface area contributed by atoms with E-state index in [-0.39, 0.29) is 0 Å². The van der Waals surface area contributed by atoms with Crippen molar-refractivity contribution in [3.05, 3.63) is 11.6 Å². The second kappa shape index (κ2) is 13.6. The highest BCUT2D eigenvalue weighted by Gasteiger charge is 1.96. The molecule has 1 N–H and O–H groups in total. The Morgan fingerprint density at radius 2 is 1.47 bits per heavy atom. The smallest absolute Gasteiger partial charge is 0.303 e. The van der Waals surface area contributed by atoms with Crippen LogP contribution in [0.3, 0.4) is 0 Å². The molecule has 0 aliphatic rings. The van der Waals surface area contributed by atoms with Crippen LogP contribution in [0, 0.1) is 0 Å². The van der Waals surface area contributed by atoms with Gasteiger partial charge >= 0.3 is 5.97 Å². The third-order valence-corrected chi connectivity index (χ3v) is 3.51. The van der Waals surface area contributed by atoms with E-state index in [9.17, 15) is 4.79 Å². The Morgan fingerprint density at radius 3 is 2.11 bits per heavy atom. The van der Waals surface area contributed by atoms with Crippen LogP contribution in [0.15, 0.2) is 11.6 Å². The fourth-order valence-electron chi connectivity index (χ4n) is 2.23. The van der Waals surface area contributed by atoms with E-state index in [4.69, 9.17) is 5.11 Å². The summed E-state index contributed by atoms with van der Waals surface area (Å²) >= 11 is 0. The molecule has 0 rings (SSSR count). The van der Waals surface area contributed by atoms with Crippen LogP contribution in [0.4, 0.5) is 0 Å². The second-order valence-corrected chi connectivity index (χ2v) is 5.56. The highest BCUT2D eigenvalue weighted by molar-refractivity contribution is 5.66. The fourth-order valence-corrected chi connectivity index (χ4v) is 2.23. The van der Waals surface area contributed by atoms with Crippen molar-refractivity contribution in [3.8, 4) is 0 Å². The van der Waals surface area contributed by atoms with Crippen molar-refractivity contribution in [1.29, 1.82) is 0 Å². The third kappa shape index (κ3) is 15.2. The summed E-state index contributed by atoms with van der Waals surface area (Å²) in [5.74, 6) is -0.677. The zero-order valence-electron chi connectivity index (χ0n) is 12.9. The summed E-state index contributed by atoms with van der Waals surface area (Å²) in [6.45, 7) is 4.46. The van der Waals surface area contributed by atoms with Crippen molar-refractivity contribution >= 4 is 5.97 Å². The monoisotopic (exact) mass is 268 g/mol. The summed E-state index contributed by atoms with van der Waals surface area (Å²) in [4.78, 5) is 10.3. The molecule has 0 heterocycles. The summed E-state index contributed by atoms with van der Waals surface area (Å²) in [6.07, 6.45) is 16.2. The zero-order chi connectivity index (χ0) is 14.3. The van der Waals surface area contributed by atoms with Crippen molar-refractivity contribution < 1.29 is 9.90 Å². The average Bonchev–Trinajstić information content (AvgIpc) is 2.37. The molecular weight excluding hydrogens is 236 g/mol. The molecule has 0 saturated carbocycles. The van der Waals surface area contributed by atoms with Gasteiger partial charge in [-0.3, -0.25) is 4.79 Å². The van der Waals surface area contributed by atoms with Crippen LogP contribution in [0.1, 0.15) is 90.9 Å². The second-order valence-electron chi connectivity index (χ2n) is 5.56. The van der Waals surface area contributed by atoms with Gasteiger partial charge in [0.2, 0.25) is 0 Å². The minimum absolute atomic E-state index is 0.310. The molecule has 112 valence electrons. The van der Waals surface area contributed by atoms with Gasteiger partial charge in [-0.25, -0.2) is 0 Å². The third-order valence-electron chi connectivity index (χ3n) is 3.51. The van der Waals surface area contributed by atoms with Crippen molar-refractivity contribution in [2.45, 2.75) is 90.9 Å². The maximum Gasteiger partial charge on any atom is 0.303 e. The summed E-state index contributed by atoms with van der Waals surface area (Å²) in [5.41, 5.74) is 1.48. The van der Waals surface area contributed by atoms with Gasteiger partial charge in [-0.1, -0.05) is 57.1 Å². The number of hydrogen-bond donors (Lipinski definition) is 1. The van der Waals surface area contributed by atoms with E-state index in [1.165, 1.54) is 56.9 Å².